The van der Waals surface area contributed by atoms with E-state index in [1.54, 1.807) is 18.2 Å². The molecule has 1 aliphatic rings. The maximum atomic E-state index is 11.8. The molecule has 6 atom stereocenters. The molecule has 1 aromatic carbocycles. The Hall–Kier alpha value is -3.21. The van der Waals surface area contributed by atoms with Crippen molar-refractivity contribution in [2.75, 3.05) is 0 Å². The van der Waals surface area contributed by atoms with Crippen LogP contribution in [0.15, 0.2) is 24.3 Å². The van der Waals surface area contributed by atoms with E-state index in [2.05, 4.69) is 4.74 Å². The van der Waals surface area contributed by atoms with E-state index in [-0.39, 0.29) is 16.9 Å². The third-order valence-electron chi connectivity index (χ3n) is 4.47. The van der Waals surface area contributed by atoms with E-state index in [0.717, 1.165) is 13.8 Å². The highest BCUT2D eigenvalue weighted by atomic mass is 16.6. The first kappa shape index (κ1) is 26.8. The van der Waals surface area contributed by atoms with Crippen molar-refractivity contribution in [3.05, 3.63) is 35.4 Å². The van der Waals surface area contributed by atoms with Gasteiger partial charge in [0.2, 0.25) is 0 Å². The van der Waals surface area contributed by atoms with Crippen molar-refractivity contribution >= 4 is 23.5 Å². The number of carbonyl (C=O) groups is 4. The highest BCUT2D eigenvalue weighted by Crippen LogP contribution is 2.30. The Labute approximate surface area is 182 Å². The minimum absolute atomic E-state index is 0.0905. The van der Waals surface area contributed by atoms with Crippen LogP contribution in [-0.2, 0) is 29.5 Å². The Balaban J connectivity index is 0.000000343. The van der Waals surface area contributed by atoms with Gasteiger partial charge in [-0.05, 0) is 6.92 Å². The number of carboxylic acid groups (broad SMARTS) is 1. The Morgan fingerprint density at radius 3 is 2.00 bits per heavy atom. The predicted octanol–water partition coefficient (Wildman–Crippen LogP) is -1.37. The first-order chi connectivity index (χ1) is 14.8. The molecule has 0 aromatic heterocycles. The molecule has 0 saturated carbocycles. The smallest absolute Gasteiger partial charge is 0.335 e. The maximum Gasteiger partial charge on any atom is 0.335 e. The zero-order valence-electron chi connectivity index (χ0n) is 17.3. The van der Waals surface area contributed by atoms with Gasteiger partial charge < -0.3 is 35.0 Å². The van der Waals surface area contributed by atoms with E-state index in [1.807, 2.05) is 0 Å². The number of esters is 1. The van der Waals surface area contributed by atoms with Crippen LogP contribution in [0.1, 0.15) is 36.7 Å². The van der Waals surface area contributed by atoms with Crippen LogP contribution in [0.2, 0.25) is 0 Å². The largest absolute Gasteiger partial charge is 0.479 e. The molecule has 5 N–H and O–H groups in total. The number of hydrogen-bond donors (Lipinski definition) is 5. The summed E-state index contributed by atoms with van der Waals surface area (Å²) in [5.74, 6) is -3.25. The normalized spacial score (nSPS) is 26.4. The number of hydrogen-bond acceptors (Lipinski definition) is 11. The van der Waals surface area contributed by atoms with Crippen molar-refractivity contribution < 1.29 is 54.2 Å². The van der Waals surface area contributed by atoms with Gasteiger partial charge in [0, 0.05) is 25.0 Å². The lowest BCUT2D eigenvalue weighted by atomic mass is 9.86. The molecule has 12 nitrogen and oxygen atoms in total. The van der Waals surface area contributed by atoms with Gasteiger partial charge in [-0.3, -0.25) is 14.4 Å². The molecule has 0 radical (unpaired) electrons. The third-order valence-corrected chi connectivity index (χ3v) is 4.47. The lowest BCUT2D eigenvalue weighted by molar-refractivity contribution is -0.279. The summed E-state index contributed by atoms with van der Waals surface area (Å²) in [6, 6.07) is 7.81. The summed E-state index contributed by atoms with van der Waals surface area (Å²) in [4.78, 5) is 44.9. The Kier molecular flexibility index (Phi) is 9.13. The molecule has 0 aliphatic carbocycles. The molecule has 1 saturated heterocycles. The molecule has 1 aliphatic heterocycles. The van der Waals surface area contributed by atoms with E-state index < -0.39 is 54.0 Å². The molecule has 0 spiro atoms. The number of aliphatic carboxylic acids is 1. The fourth-order valence-corrected chi connectivity index (χ4v) is 2.86. The predicted molar refractivity (Wildman–Crippen MR) is 103 cm³/mol. The number of carbonyl (C=O) groups excluding carboxylic acids is 3. The number of ketones is 2. The molecule has 174 valence electrons. The van der Waals surface area contributed by atoms with E-state index >= 15 is 0 Å². The number of ether oxygens (including phenoxy) is 2. The number of Topliss-reactive ketones (excluding diaryl/α,β-unsaturated/α-hetero) is 2. The second-order valence-electron chi connectivity index (χ2n) is 6.80. The van der Waals surface area contributed by atoms with Gasteiger partial charge in [0.05, 0.1) is 0 Å². The minimum Gasteiger partial charge on any atom is -0.479 e. The average molecular weight is 453 g/mol. The minimum atomic E-state index is -2.08. The summed E-state index contributed by atoms with van der Waals surface area (Å²) in [7, 11) is 0. The number of aliphatic hydroxyl groups excluding tert-OH is 4. The van der Waals surface area contributed by atoms with E-state index in [4.69, 9.17) is 30.3 Å². The fourth-order valence-electron chi connectivity index (χ4n) is 2.86. The molecule has 0 amide bonds. The number of nitrogens with zero attached hydrogens (tertiary/aromatic N) is 1. The molecule has 0 bridgehead atoms. The fraction of sp³-hybridized carbons (Fsp3) is 0.450. The van der Waals surface area contributed by atoms with Gasteiger partial charge in [-0.2, -0.15) is 5.26 Å². The Morgan fingerprint density at radius 1 is 1.00 bits per heavy atom. The van der Waals surface area contributed by atoms with E-state index in [0.29, 0.717) is 0 Å². The number of rotatable bonds is 5. The van der Waals surface area contributed by atoms with Gasteiger partial charge in [0.1, 0.15) is 24.4 Å². The van der Waals surface area contributed by atoms with Gasteiger partial charge in [0.25, 0.3) is 5.60 Å². The molecule has 32 heavy (non-hydrogen) atoms. The zero-order valence-corrected chi connectivity index (χ0v) is 17.3. The van der Waals surface area contributed by atoms with Gasteiger partial charge in [-0.25, -0.2) is 4.79 Å². The van der Waals surface area contributed by atoms with Crippen molar-refractivity contribution in [2.45, 2.75) is 57.1 Å². The average Bonchev–Trinajstić information content (AvgIpc) is 2.72. The highest BCUT2D eigenvalue weighted by Gasteiger charge is 2.46. The van der Waals surface area contributed by atoms with Gasteiger partial charge in [0.15, 0.2) is 24.0 Å². The molecular weight excluding hydrogens is 430 g/mol. The molecular formula is C20H23NO11. The molecule has 2 rings (SSSR count). The molecule has 1 fully saturated rings. The molecule has 12 heteroatoms. The van der Waals surface area contributed by atoms with Crippen LogP contribution in [0.4, 0.5) is 0 Å². The van der Waals surface area contributed by atoms with E-state index in [1.165, 1.54) is 19.1 Å². The number of nitriles is 1. The van der Waals surface area contributed by atoms with Crippen molar-refractivity contribution in [1.29, 1.82) is 5.26 Å². The summed E-state index contributed by atoms with van der Waals surface area (Å²) in [6.07, 6.45) is -8.72. The van der Waals surface area contributed by atoms with Crippen molar-refractivity contribution in [3.8, 4) is 6.07 Å². The van der Waals surface area contributed by atoms with Crippen LogP contribution in [0, 0.1) is 11.3 Å². The first-order valence-corrected chi connectivity index (χ1v) is 9.13. The first-order valence-electron chi connectivity index (χ1n) is 9.13. The Morgan fingerprint density at radius 2 is 1.56 bits per heavy atom. The standard InChI is InChI=1S/C14H13NO4.C6H10O7/c1-9(16)12-6-4-5-7-13(12)14(8-15,10(2)17)19-11(3)18;7-1-2(8)4(5(10)11)13-6(12)3(1)9/h4-7H,1-3H3;1-4,6-9,12H,(H,10,11)/t;1-,2-,3+,4-,6?/m.0/s1. The van der Waals surface area contributed by atoms with Gasteiger partial charge in [-0.15, -0.1) is 0 Å². The molecule has 1 aromatic rings. The monoisotopic (exact) mass is 453 g/mol. The maximum absolute atomic E-state index is 11.8. The highest BCUT2D eigenvalue weighted by molar-refractivity contribution is 6.00. The van der Waals surface area contributed by atoms with Gasteiger partial charge in [-0.1, -0.05) is 24.3 Å². The summed E-state index contributed by atoms with van der Waals surface area (Å²) in [5.41, 5.74) is -1.80. The van der Waals surface area contributed by atoms with Crippen LogP contribution >= 0.6 is 0 Å². The lowest BCUT2D eigenvalue weighted by Gasteiger charge is -2.36. The summed E-state index contributed by atoms with van der Waals surface area (Å²) in [5, 5.41) is 53.7. The number of carboxylic acids is 1. The summed E-state index contributed by atoms with van der Waals surface area (Å²) < 4.78 is 9.26. The summed E-state index contributed by atoms with van der Waals surface area (Å²) in [6.45, 7) is 3.56. The molecule has 2 unspecified atom stereocenters. The van der Waals surface area contributed by atoms with Crippen LogP contribution in [0.5, 0.6) is 0 Å². The van der Waals surface area contributed by atoms with Crippen LogP contribution in [0.3, 0.4) is 0 Å². The second kappa shape index (κ2) is 10.9. The topological polar surface area (TPSA) is 212 Å². The van der Waals surface area contributed by atoms with Crippen LogP contribution in [0.25, 0.3) is 0 Å². The van der Waals surface area contributed by atoms with Crippen molar-refractivity contribution in [3.63, 3.8) is 0 Å². The lowest BCUT2D eigenvalue weighted by Crippen LogP contribution is -2.59. The quantitative estimate of drug-likeness (QED) is 0.258. The van der Waals surface area contributed by atoms with Crippen molar-refractivity contribution in [2.24, 2.45) is 0 Å². The summed E-state index contributed by atoms with van der Waals surface area (Å²) >= 11 is 0. The van der Waals surface area contributed by atoms with Gasteiger partial charge >= 0.3 is 11.9 Å². The van der Waals surface area contributed by atoms with E-state index in [9.17, 15) is 24.4 Å². The van der Waals surface area contributed by atoms with Crippen LogP contribution < -0.4 is 0 Å². The Bertz CT molecular complexity index is 924. The zero-order chi connectivity index (χ0) is 24.8. The van der Waals surface area contributed by atoms with Crippen molar-refractivity contribution in [1.82, 2.24) is 0 Å². The molecule has 1 heterocycles. The SMILES string of the molecule is CC(=O)OC(C#N)(C(C)=O)c1ccccc1C(C)=O.O=C(O)[C@H]1OC(O)[C@H](O)[C@@H](O)[C@@H]1O. The second-order valence-corrected chi connectivity index (χ2v) is 6.80. The third kappa shape index (κ3) is 5.72. The number of aliphatic hydroxyl groups is 4. The van der Waals surface area contributed by atoms with Crippen LogP contribution in [-0.4, -0.2) is 79.7 Å². The number of benzene rings is 1.